The van der Waals surface area contributed by atoms with E-state index in [-0.39, 0.29) is 29.5 Å². The highest BCUT2D eigenvalue weighted by Crippen LogP contribution is 2.38. The van der Waals surface area contributed by atoms with Crippen molar-refractivity contribution < 1.29 is 44.5 Å². The number of rotatable bonds is 11. The largest absolute Gasteiger partial charge is 0.416 e. The molecular formula is C37H34ClF5N2O5S. The van der Waals surface area contributed by atoms with E-state index in [0.717, 1.165) is 23.8 Å². The molecule has 4 aromatic rings. The van der Waals surface area contributed by atoms with Gasteiger partial charge in [0.15, 0.2) is 0 Å². The van der Waals surface area contributed by atoms with Crippen LogP contribution in [0, 0.1) is 17.0 Å². The summed E-state index contributed by atoms with van der Waals surface area (Å²) < 4.78 is 101. The summed E-state index contributed by atoms with van der Waals surface area (Å²) in [7, 11) is -4.26. The molecule has 0 aliphatic rings. The minimum absolute atomic E-state index is 0.0665. The minimum atomic E-state index is -4.69. The van der Waals surface area contributed by atoms with Crippen molar-refractivity contribution in [1.29, 1.82) is 0 Å². The molecule has 0 spiro atoms. The van der Waals surface area contributed by atoms with Crippen molar-refractivity contribution in [3.05, 3.63) is 129 Å². The van der Waals surface area contributed by atoms with Crippen molar-refractivity contribution in [2.45, 2.75) is 39.3 Å². The molecule has 1 atom stereocenters. The van der Waals surface area contributed by atoms with E-state index in [4.69, 9.17) is 16.2 Å². The van der Waals surface area contributed by atoms with Crippen LogP contribution in [-0.2, 0) is 27.5 Å². The van der Waals surface area contributed by atoms with Crippen LogP contribution in [0.25, 0.3) is 17.2 Å². The number of alkyl halides is 3. The van der Waals surface area contributed by atoms with Crippen molar-refractivity contribution >= 4 is 45.3 Å². The second kappa shape index (κ2) is 15.7. The predicted octanol–water partition coefficient (Wildman–Crippen LogP) is 8.95. The summed E-state index contributed by atoms with van der Waals surface area (Å²) in [5, 5.41) is 4.37. The monoisotopic (exact) mass is 748 g/mol. The zero-order valence-corrected chi connectivity index (χ0v) is 29.2. The summed E-state index contributed by atoms with van der Waals surface area (Å²) >= 11 is 6.01. The highest BCUT2D eigenvalue weighted by Gasteiger charge is 2.31. The van der Waals surface area contributed by atoms with Gasteiger partial charge in [-0.25, -0.2) is 8.78 Å². The standard InChI is InChI=1S/C37H34ClF5N2O5S/c1-36(2,3)15-14-22-4-8-24(9-5-22)28(18-23-6-10-25(11-7-23)34(46)44-16-17-51(48,49)50)35(47)45-33-21-31(39)29(20-32(33)40)27-13-12-26(19-30(27)38)37(41,42)43/h4-15,19-21,28H,16-18H2,1-3H3,(H,44,46)(H,45,47)(H,48,49,50). The van der Waals surface area contributed by atoms with Crippen molar-refractivity contribution in [2.75, 3.05) is 17.6 Å². The number of carbonyl (C=O) groups excluding carboxylic acids is 2. The fourth-order valence-corrected chi connectivity index (χ4v) is 5.59. The van der Waals surface area contributed by atoms with Crippen LogP contribution in [0.3, 0.4) is 0 Å². The van der Waals surface area contributed by atoms with Crippen LogP contribution < -0.4 is 10.6 Å². The van der Waals surface area contributed by atoms with E-state index in [1.165, 1.54) is 12.1 Å². The van der Waals surface area contributed by atoms with Gasteiger partial charge in [0.1, 0.15) is 11.6 Å². The van der Waals surface area contributed by atoms with E-state index in [1.54, 1.807) is 36.4 Å². The Morgan fingerprint density at radius 2 is 1.53 bits per heavy atom. The number of halogens is 6. The Labute approximate surface area is 297 Å². The van der Waals surface area contributed by atoms with Gasteiger partial charge in [-0.1, -0.05) is 87.0 Å². The van der Waals surface area contributed by atoms with Crippen LogP contribution in [0.4, 0.5) is 27.6 Å². The third kappa shape index (κ3) is 11.2. The molecule has 51 heavy (non-hydrogen) atoms. The molecule has 0 heterocycles. The van der Waals surface area contributed by atoms with E-state index in [0.29, 0.717) is 23.3 Å². The third-order valence-corrected chi connectivity index (χ3v) is 8.67. The van der Waals surface area contributed by atoms with E-state index in [9.17, 15) is 31.2 Å². The number of allylic oxidation sites excluding steroid dienone is 1. The van der Waals surface area contributed by atoms with Crippen molar-refractivity contribution in [3.8, 4) is 11.1 Å². The molecule has 0 bridgehead atoms. The Morgan fingerprint density at radius 3 is 2.10 bits per heavy atom. The fourth-order valence-electron chi connectivity index (χ4n) is 4.95. The van der Waals surface area contributed by atoms with E-state index in [1.807, 2.05) is 32.9 Å². The molecule has 14 heteroatoms. The molecule has 2 amide bonds. The molecule has 0 saturated heterocycles. The first kappa shape index (κ1) is 39.2. The molecule has 4 rings (SSSR count). The summed E-state index contributed by atoms with van der Waals surface area (Å²) in [4.78, 5) is 26.2. The first-order valence-electron chi connectivity index (χ1n) is 15.5. The van der Waals surface area contributed by atoms with Gasteiger partial charge in [0, 0.05) is 34.3 Å². The maximum absolute atomic E-state index is 15.4. The number of hydrogen-bond donors (Lipinski definition) is 3. The fraction of sp³-hybridized carbons (Fsp3) is 0.243. The number of carbonyl (C=O) groups is 2. The van der Waals surface area contributed by atoms with Crippen molar-refractivity contribution in [1.82, 2.24) is 5.32 Å². The number of benzene rings is 4. The normalized spacial score (nSPS) is 12.9. The lowest BCUT2D eigenvalue weighted by atomic mass is 9.89. The van der Waals surface area contributed by atoms with Crippen LogP contribution in [0.1, 0.15) is 59.3 Å². The van der Waals surface area contributed by atoms with E-state index < -0.39 is 73.3 Å². The smallest absolute Gasteiger partial charge is 0.351 e. The Hall–Kier alpha value is -4.59. The molecule has 0 aliphatic heterocycles. The first-order valence-corrected chi connectivity index (χ1v) is 17.5. The molecule has 270 valence electrons. The molecule has 4 aromatic carbocycles. The zero-order chi connectivity index (χ0) is 37.7. The Morgan fingerprint density at radius 1 is 0.882 bits per heavy atom. The van der Waals surface area contributed by atoms with Gasteiger partial charge < -0.3 is 10.6 Å². The van der Waals surface area contributed by atoms with Gasteiger partial charge in [0.2, 0.25) is 5.91 Å². The first-order chi connectivity index (χ1) is 23.7. The summed E-state index contributed by atoms with van der Waals surface area (Å²) in [6, 6.07) is 16.9. The highest BCUT2D eigenvalue weighted by molar-refractivity contribution is 7.85. The molecule has 0 fully saturated rings. The average molecular weight is 749 g/mol. The van der Waals surface area contributed by atoms with Crippen molar-refractivity contribution in [2.24, 2.45) is 5.41 Å². The van der Waals surface area contributed by atoms with Crippen LogP contribution in [0.15, 0.2) is 84.9 Å². The number of anilines is 1. The highest BCUT2D eigenvalue weighted by atomic mass is 35.5. The maximum Gasteiger partial charge on any atom is 0.416 e. The molecule has 0 aromatic heterocycles. The van der Waals surface area contributed by atoms with Gasteiger partial charge in [-0.05, 0) is 58.9 Å². The Kier molecular flexibility index (Phi) is 12.1. The van der Waals surface area contributed by atoms with Gasteiger partial charge >= 0.3 is 6.18 Å². The molecule has 7 nitrogen and oxygen atoms in total. The van der Waals surface area contributed by atoms with Crippen LogP contribution in [0.2, 0.25) is 5.02 Å². The van der Waals surface area contributed by atoms with Gasteiger partial charge in [0.25, 0.3) is 16.0 Å². The van der Waals surface area contributed by atoms with Gasteiger partial charge in [0.05, 0.1) is 22.9 Å². The number of nitrogens with one attached hydrogen (secondary N) is 2. The molecule has 0 aliphatic carbocycles. The lowest BCUT2D eigenvalue weighted by Crippen LogP contribution is -2.28. The van der Waals surface area contributed by atoms with Gasteiger partial charge in [-0.3, -0.25) is 14.1 Å². The maximum atomic E-state index is 15.4. The third-order valence-electron chi connectivity index (χ3n) is 7.63. The molecule has 0 saturated carbocycles. The van der Waals surface area contributed by atoms with Crippen LogP contribution >= 0.6 is 11.6 Å². The number of amides is 2. The molecular weight excluding hydrogens is 715 g/mol. The lowest BCUT2D eigenvalue weighted by molar-refractivity contribution is -0.137. The summed E-state index contributed by atoms with van der Waals surface area (Å²) in [6.45, 7) is 5.82. The van der Waals surface area contributed by atoms with Gasteiger partial charge in [-0.2, -0.15) is 21.6 Å². The summed E-state index contributed by atoms with van der Waals surface area (Å²) in [6.07, 6.45) is -0.672. The zero-order valence-electron chi connectivity index (χ0n) is 27.6. The van der Waals surface area contributed by atoms with Gasteiger partial charge in [-0.15, -0.1) is 0 Å². The molecule has 0 radical (unpaired) electrons. The van der Waals surface area contributed by atoms with E-state index >= 15 is 8.78 Å². The quantitative estimate of drug-likeness (QED) is 0.105. The predicted molar refractivity (Wildman–Crippen MR) is 187 cm³/mol. The summed E-state index contributed by atoms with van der Waals surface area (Å²) in [5.41, 5.74) is -0.0157. The lowest BCUT2D eigenvalue weighted by Gasteiger charge is -2.19. The second-order valence-corrected chi connectivity index (χ2v) is 14.8. The topological polar surface area (TPSA) is 113 Å². The SMILES string of the molecule is CC(C)(C)C=Cc1ccc(C(Cc2ccc(C(=O)NCCS(=O)(=O)O)cc2)C(=O)Nc2cc(F)c(-c3ccc(C(F)(F)F)cc3Cl)cc2F)cc1. The Balaban J connectivity index is 1.61. The van der Waals surface area contributed by atoms with Crippen molar-refractivity contribution in [3.63, 3.8) is 0 Å². The van der Waals surface area contributed by atoms with Crippen LogP contribution in [-0.4, -0.2) is 37.1 Å². The number of hydrogen-bond acceptors (Lipinski definition) is 4. The molecule has 3 N–H and O–H groups in total. The Bertz CT molecular complexity index is 2040. The minimum Gasteiger partial charge on any atom is -0.351 e. The second-order valence-electron chi connectivity index (χ2n) is 12.9. The molecule has 1 unspecified atom stereocenters. The van der Waals surface area contributed by atoms with E-state index in [2.05, 4.69) is 10.6 Å². The average Bonchev–Trinajstić information content (AvgIpc) is 3.03. The summed E-state index contributed by atoms with van der Waals surface area (Å²) in [5.74, 6) is -4.97. The van der Waals surface area contributed by atoms with Crippen LogP contribution in [0.5, 0.6) is 0 Å².